The summed E-state index contributed by atoms with van der Waals surface area (Å²) in [6.07, 6.45) is 5.05. The zero-order valence-corrected chi connectivity index (χ0v) is 18.4. The molecule has 6 nitrogen and oxygen atoms in total. The molecule has 8 heteroatoms. The van der Waals surface area contributed by atoms with Gasteiger partial charge in [0.05, 0.1) is 12.4 Å². The Bertz CT molecular complexity index is 1040. The molecule has 0 unspecified atom stereocenters. The zero-order chi connectivity index (χ0) is 21.7. The van der Waals surface area contributed by atoms with Gasteiger partial charge in [-0.1, -0.05) is 59.6 Å². The van der Waals surface area contributed by atoms with Crippen LogP contribution in [0.3, 0.4) is 0 Å². The number of nitrogens with zero attached hydrogens (tertiary/aromatic N) is 4. The average Bonchev–Trinajstić information content (AvgIpc) is 3.22. The van der Waals surface area contributed by atoms with E-state index in [1.54, 1.807) is 12.4 Å². The van der Waals surface area contributed by atoms with E-state index < -0.39 is 0 Å². The maximum Gasteiger partial charge on any atom is 0.200 e. The third kappa shape index (κ3) is 5.14. The first-order chi connectivity index (χ1) is 14.4. The summed E-state index contributed by atoms with van der Waals surface area (Å²) in [6.45, 7) is 0. The monoisotopic (exact) mass is 442 g/mol. The summed E-state index contributed by atoms with van der Waals surface area (Å²) in [4.78, 5) is 8.08. The molecule has 0 bridgehead atoms. The van der Waals surface area contributed by atoms with E-state index in [-0.39, 0.29) is 0 Å². The van der Waals surface area contributed by atoms with Crippen LogP contribution in [0.5, 0.6) is 0 Å². The molecule has 4 N–H and O–H groups in total. The Kier molecular flexibility index (Phi) is 7.03. The van der Waals surface area contributed by atoms with Crippen molar-refractivity contribution >= 4 is 35.1 Å². The van der Waals surface area contributed by atoms with Crippen molar-refractivity contribution in [3.63, 3.8) is 0 Å². The van der Waals surface area contributed by atoms with Crippen molar-refractivity contribution in [2.45, 2.75) is 12.8 Å². The Morgan fingerprint density at radius 1 is 0.700 bits per heavy atom. The molecule has 0 saturated heterocycles. The van der Waals surface area contributed by atoms with Crippen LogP contribution in [-0.2, 0) is 26.9 Å². The first-order valence-electron chi connectivity index (χ1n) is 9.35. The van der Waals surface area contributed by atoms with E-state index in [4.69, 9.17) is 34.7 Å². The van der Waals surface area contributed by atoms with Crippen molar-refractivity contribution in [1.82, 2.24) is 19.1 Å². The highest BCUT2D eigenvalue weighted by molar-refractivity contribution is 6.31. The molecule has 4 aromatic rings. The van der Waals surface area contributed by atoms with Gasteiger partial charge < -0.3 is 20.6 Å². The van der Waals surface area contributed by atoms with E-state index in [0.29, 0.717) is 11.9 Å². The van der Waals surface area contributed by atoms with E-state index in [1.807, 2.05) is 71.8 Å². The van der Waals surface area contributed by atoms with Crippen LogP contribution < -0.4 is 11.5 Å². The average molecular weight is 443 g/mol. The highest BCUT2D eigenvalue weighted by Gasteiger charge is 2.07. The van der Waals surface area contributed by atoms with Gasteiger partial charge in [-0.15, -0.1) is 0 Å². The first-order valence-corrected chi connectivity index (χ1v) is 10.1. The van der Waals surface area contributed by atoms with E-state index in [2.05, 4.69) is 9.97 Å². The van der Waals surface area contributed by atoms with Gasteiger partial charge in [-0.05, 0) is 23.3 Å². The molecule has 4 rings (SSSR count). The Labute approximate surface area is 186 Å². The second kappa shape index (κ2) is 9.69. The zero-order valence-electron chi connectivity index (χ0n) is 16.9. The summed E-state index contributed by atoms with van der Waals surface area (Å²) in [5.41, 5.74) is 15.6. The molecule has 0 spiro atoms. The number of benzene rings is 2. The van der Waals surface area contributed by atoms with Crippen molar-refractivity contribution in [1.29, 1.82) is 0 Å². The molecule has 2 heterocycles. The highest BCUT2D eigenvalue weighted by Crippen LogP contribution is 2.20. The van der Waals surface area contributed by atoms with Crippen LogP contribution >= 0.6 is 23.2 Å². The number of rotatable bonds is 4. The Hall–Kier alpha value is -2.96. The predicted octanol–water partition coefficient (Wildman–Crippen LogP) is 4.49. The molecule has 0 atom stereocenters. The lowest BCUT2D eigenvalue weighted by Crippen LogP contribution is -2.02. The summed E-state index contributed by atoms with van der Waals surface area (Å²) in [5.74, 6) is 1.05. The normalized spacial score (nSPS) is 10.5. The lowest BCUT2D eigenvalue weighted by molar-refractivity contribution is 0.858. The predicted molar refractivity (Wildman–Crippen MR) is 124 cm³/mol. The van der Waals surface area contributed by atoms with Gasteiger partial charge in [0.1, 0.15) is 0 Å². The fourth-order valence-corrected chi connectivity index (χ4v) is 3.33. The number of aromatic nitrogens is 4. The molecule has 0 aliphatic heterocycles. The van der Waals surface area contributed by atoms with Crippen LogP contribution in [0, 0.1) is 0 Å². The molecule has 0 aliphatic carbocycles. The molecule has 156 valence electrons. The van der Waals surface area contributed by atoms with E-state index in [0.717, 1.165) is 45.4 Å². The highest BCUT2D eigenvalue weighted by atomic mass is 35.5. The molecule has 0 aliphatic rings. The standard InChI is InChI=1S/2C11H12ClN3/c2*1-15-9(7-14-11(15)13)6-8-4-2-3-5-10(8)12/h2*2-5,7H,6H2,1H3,(H2,13,14). The van der Waals surface area contributed by atoms with Crippen LogP contribution in [0.25, 0.3) is 0 Å². The smallest absolute Gasteiger partial charge is 0.200 e. The van der Waals surface area contributed by atoms with Crippen molar-refractivity contribution in [2.75, 3.05) is 11.5 Å². The summed E-state index contributed by atoms with van der Waals surface area (Å²) in [7, 11) is 3.79. The second-order valence-corrected chi connectivity index (χ2v) is 7.68. The molecule has 2 aromatic carbocycles. The van der Waals surface area contributed by atoms with E-state index >= 15 is 0 Å². The van der Waals surface area contributed by atoms with Crippen molar-refractivity contribution in [2.24, 2.45) is 14.1 Å². The maximum atomic E-state index is 6.07. The third-order valence-corrected chi connectivity index (χ3v) is 5.64. The molecular formula is C22H24Cl2N6. The van der Waals surface area contributed by atoms with E-state index in [1.165, 1.54) is 0 Å². The van der Waals surface area contributed by atoms with Gasteiger partial charge in [0.15, 0.2) is 11.9 Å². The molecule has 0 saturated carbocycles. The fraction of sp³-hybridized carbons (Fsp3) is 0.182. The summed E-state index contributed by atoms with van der Waals surface area (Å²) < 4.78 is 3.73. The van der Waals surface area contributed by atoms with Gasteiger partial charge in [0, 0.05) is 48.4 Å². The van der Waals surface area contributed by atoms with Gasteiger partial charge in [-0.25, -0.2) is 9.97 Å². The molecule has 2 aromatic heterocycles. The van der Waals surface area contributed by atoms with Gasteiger partial charge >= 0.3 is 0 Å². The van der Waals surface area contributed by atoms with Crippen LogP contribution in [0.4, 0.5) is 11.9 Å². The fourth-order valence-electron chi connectivity index (χ4n) is 2.92. The van der Waals surface area contributed by atoms with E-state index in [9.17, 15) is 0 Å². The largest absolute Gasteiger partial charge is 0.369 e. The van der Waals surface area contributed by atoms with Crippen molar-refractivity contribution < 1.29 is 0 Å². The Morgan fingerprint density at radius 3 is 1.37 bits per heavy atom. The molecule has 0 fully saturated rings. The summed E-state index contributed by atoms with van der Waals surface area (Å²) in [6, 6.07) is 15.6. The lowest BCUT2D eigenvalue weighted by atomic mass is 10.1. The minimum atomic E-state index is 0.525. The molecule has 0 amide bonds. The number of halogens is 2. The van der Waals surface area contributed by atoms with Gasteiger partial charge in [0.2, 0.25) is 0 Å². The first kappa shape index (κ1) is 21.7. The molecular weight excluding hydrogens is 419 g/mol. The van der Waals surface area contributed by atoms with Crippen LogP contribution in [0.2, 0.25) is 10.0 Å². The maximum absolute atomic E-state index is 6.07. The summed E-state index contributed by atoms with van der Waals surface area (Å²) in [5, 5.41) is 1.55. The Balaban J connectivity index is 0.000000171. The number of hydrogen-bond donors (Lipinski definition) is 2. The lowest BCUT2D eigenvalue weighted by Gasteiger charge is -2.05. The Morgan fingerprint density at radius 2 is 1.07 bits per heavy atom. The van der Waals surface area contributed by atoms with Crippen LogP contribution in [-0.4, -0.2) is 19.1 Å². The number of hydrogen-bond acceptors (Lipinski definition) is 4. The van der Waals surface area contributed by atoms with Crippen molar-refractivity contribution in [3.05, 3.63) is 93.5 Å². The van der Waals surface area contributed by atoms with Crippen molar-refractivity contribution in [3.8, 4) is 0 Å². The summed E-state index contributed by atoms with van der Waals surface area (Å²) >= 11 is 12.1. The minimum absolute atomic E-state index is 0.525. The van der Waals surface area contributed by atoms with Crippen LogP contribution in [0.15, 0.2) is 60.9 Å². The molecule has 0 radical (unpaired) electrons. The topological polar surface area (TPSA) is 87.7 Å². The number of imidazole rings is 2. The van der Waals surface area contributed by atoms with Gasteiger partial charge in [0.25, 0.3) is 0 Å². The number of nitrogens with two attached hydrogens (primary N) is 2. The molecule has 30 heavy (non-hydrogen) atoms. The minimum Gasteiger partial charge on any atom is -0.369 e. The van der Waals surface area contributed by atoms with Gasteiger partial charge in [-0.3, -0.25) is 0 Å². The quantitative estimate of drug-likeness (QED) is 0.487. The van der Waals surface area contributed by atoms with Crippen LogP contribution in [0.1, 0.15) is 22.5 Å². The number of anilines is 2. The second-order valence-electron chi connectivity index (χ2n) is 6.87. The number of nitrogen functional groups attached to an aromatic ring is 2. The van der Waals surface area contributed by atoms with Gasteiger partial charge in [-0.2, -0.15) is 0 Å². The third-order valence-electron chi connectivity index (χ3n) is 4.90. The SMILES string of the molecule is Cn1c(Cc2ccccc2Cl)cnc1N.Cn1c(Cc2ccccc2Cl)cnc1N.